The summed E-state index contributed by atoms with van der Waals surface area (Å²) in [5.74, 6) is 0.781. The maximum atomic E-state index is 14.3. The molecule has 0 aromatic heterocycles. The molecule has 0 radical (unpaired) electrons. The zero-order chi connectivity index (χ0) is 13.0. The highest BCUT2D eigenvalue weighted by atomic mass is 19.1. The first kappa shape index (κ1) is 13.3. The van der Waals surface area contributed by atoms with Crippen molar-refractivity contribution in [3.05, 3.63) is 40.7 Å². The maximum absolute atomic E-state index is 14.3. The van der Waals surface area contributed by atoms with Crippen LogP contribution in [0.5, 0.6) is 0 Å². The van der Waals surface area contributed by atoms with E-state index >= 15 is 0 Å². The molecule has 0 nitrogen and oxygen atoms in total. The lowest BCUT2D eigenvalue weighted by Crippen LogP contribution is -2.16. The number of allylic oxidation sites excluding steroid dienone is 1. The molecule has 0 amide bonds. The number of hydrogen-bond acceptors (Lipinski definition) is 0. The SMILES string of the molecule is CC=Cc1ccc2c(c1F)CCC(CCCC)C2. The predicted molar refractivity (Wildman–Crippen MR) is 76.1 cm³/mol. The first-order valence-corrected chi connectivity index (χ1v) is 7.19. The molecule has 18 heavy (non-hydrogen) atoms. The van der Waals surface area contributed by atoms with E-state index in [1.54, 1.807) is 0 Å². The average molecular weight is 246 g/mol. The van der Waals surface area contributed by atoms with Crippen LogP contribution >= 0.6 is 0 Å². The van der Waals surface area contributed by atoms with E-state index in [0.717, 1.165) is 36.3 Å². The number of rotatable bonds is 4. The Kier molecular flexibility index (Phi) is 4.57. The first-order valence-electron chi connectivity index (χ1n) is 7.19. The molecule has 1 aromatic rings. The Morgan fingerprint density at radius 2 is 2.22 bits per heavy atom. The van der Waals surface area contributed by atoms with Crippen LogP contribution < -0.4 is 0 Å². The van der Waals surface area contributed by atoms with Crippen LogP contribution in [0.1, 0.15) is 56.2 Å². The lowest BCUT2D eigenvalue weighted by molar-refractivity contribution is 0.405. The van der Waals surface area contributed by atoms with Crippen molar-refractivity contribution < 1.29 is 4.39 Å². The normalized spacial score (nSPS) is 19.2. The zero-order valence-electron chi connectivity index (χ0n) is 11.5. The predicted octanol–water partition coefficient (Wildman–Crippen LogP) is 5.15. The molecular weight excluding hydrogens is 223 g/mol. The van der Waals surface area contributed by atoms with E-state index in [1.807, 2.05) is 25.1 Å². The van der Waals surface area contributed by atoms with Crippen molar-refractivity contribution in [3.8, 4) is 0 Å². The summed E-state index contributed by atoms with van der Waals surface area (Å²) in [4.78, 5) is 0. The fourth-order valence-corrected chi connectivity index (χ4v) is 2.95. The van der Waals surface area contributed by atoms with Crippen LogP contribution in [0.3, 0.4) is 0 Å². The topological polar surface area (TPSA) is 0 Å². The Morgan fingerprint density at radius 3 is 2.94 bits per heavy atom. The second kappa shape index (κ2) is 6.17. The van der Waals surface area contributed by atoms with Gasteiger partial charge in [-0.2, -0.15) is 0 Å². The minimum atomic E-state index is 0.0135. The van der Waals surface area contributed by atoms with Crippen LogP contribution in [-0.2, 0) is 12.8 Å². The molecule has 0 aliphatic heterocycles. The minimum absolute atomic E-state index is 0.0135. The van der Waals surface area contributed by atoms with Gasteiger partial charge in [0.25, 0.3) is 0 Å². The summed E-state index contributed by atoms with van der Waals surface area (Å²) in [6, 6.07) is 4.06. The smallest absolute Gasteiger partial charge is 0.133 e. The van der Waals surface area contributed by atoms with E-state index in [9.17, 15) is 4.39 Å². The molecule has 2 rings (SSSR count). The summed E-state index contributed by atoms with van der Waals surface area (Å²) < 4.78 is 14.3. The van der Waals surface area contributed by atoms with Gasteiger partial charge >= 0.3 is 0 Å². The second-order valence-electron chi connectivity index (χ2n) is 5.36. The zero-order valence-corrected chi connectivity index (χ0v) is 11.5. The molecule has 0 saturated heterocycles. The maximum Gasteiger partial charge on any atom is 0.133 e. The molecular formula is C17H23F. The molecule has 0 heterocycles. The van der Waals surface area contributed by atoms with Gasteiger partial charge in [0.15, 0.2) is 0 Å². The van der Waals surface area contributed by atoms with Crippen molar-refractivity contribution in [1.82, 2.24) is 0 Å². The fraction of sp³-hybridized carbons (Fsp3) is 0.529. The van der Waals surface area contributed by atoms with Gasteiger partial charge in [-0.15, -0.1) is 0 Å². The average Bonchev–Trinajstić information content (AvgIpc) is 2.40. The number of benzene rings is 1. The lowest BCUT2D eigenvalue weighted by atomic mass is 9.80. The van der Waals surface area contributed by atoms with Crippen molar-refractivity contribution in [2.24, 2.45) is 5.92 Å². The van der Waals surface area contributed by atoms with Gasteiger partial charge in [0.2, 0.25) is 0 Å². The highest BCUT2D eigenvalue weighted by molar-refractivity contribution is 5.53. The third-order valence-corrected chi connectivity index (χ3v) is 3.99. The molecule has 0 spiro atoms. The number of unbranched alkanes of at least 4 members (excludes halogenated alkanes) is 1. The van der Waals surface area contributed by atoms with Crippen LogP contribution in [0.4, 0.5) is 4.39 Å². The fourth-order valence-electron chi connectivity index (χ4n) is 2.95. The summed E-state index contributed by atoms with van der Waals surface area (Å²) in [6.07, 6.45) is 10.8. The van der Waals surface area contributed by atoms with Crippen LogP contribution in [0.25, 0.3) is 6.08 Å². The van der Waals surface area contributed by atoms with Crippen LogP contribution in [0.15, 0.2) is 18.2 Å². The summed E-state index contributed by atoms with van der Waals surface area (Å²) in [5.41, 5.74) is 2.95. The molecule has 1 aromatic carbocycles. The summed E-state index contributed by atoms with van der Waals surface area (Å²) >= 11 is 0. The van der Waals surface area contributed by atoms with E-state index in [1.165, 1.54) is 24.8 Å². The minimum Gasteiger partial charge on any atom is -0.206 e. The summed E-state index contributed by atoms with van der Waals surface area (Å²) in [5, 5.41) is 0. The van der Waals surface area contributed by atoms with Gasteiger partial charge in [-0.1, -0.05) is 50.5 Å². The monoisotopic (exact) mass is 246 g/mol. The summed E-state index contributed by atoms with van der Waals surface area (Å²) in [7, 11) is 0. The molecule has 1 unspecified atom stereocenters. The van der Waals surface area contributed by atoms with Gasteiger partial charge in [0, 0.05) is 5.56 Å². The molecule has 0 fully saturated rings. The Morgan fingerprint density at radius 1 is 1.39 bits per heavy atom. The number of fused-ring (bicyclic) bond motifs is 1. The van der Waals surface area contributed by atoms with Crippen molar-refractivity contribution in [2.45, 2.75) is 52.4 Å². The highest BCUT2D eigenvalue weighted by Gasteiger charge is 2.21. The van der Waals surface area contributed by atoms with Crippen LogP contribution in [-0.4, -0.2) is 0 Å². The number of hydrogen-bond donors (Lipinski definition) is 0. The Bertz CT molecular complexity index is 431. The van der Waals surface area contributed by atoms with Crippen LogP contribution in [0.2, 0.25) is 0 Å². The molecule has 0 N–H and O–H groups in total. The van der Waals surface area contributed by atoms with E-state index in [2.05, 4.69) is 13.0 Å². The van der Waals surface area contributed by atoms with Crippen LogP contribution in [0, 0.1) is 11.7 Å². The third kappa shape index (κ3) is 2.82. The van der Waals surface area contributed by atoms with E-state index < -0.39 is 0 Å². The molecule has 0 saturated carbocycles. The Labute approximate surface area is 110 Å². The molecule has 98 valence electrons. The largest absolute Gasteiger partial charge is 0.206 e. The molecule has 1 aliphatic rings. The standard InChI is InChI=1S/C17H23F/c1-3-5-7-13-8-11-16-15(12-13)10-9-14(6-4-2)17(16)18/h4,6,9-10,13H,3,5,7-8,11-12H2,1-2H3. The molecule has 1 atom stereocenters. The van der Waals surface area contributed by atoms with Gasteiger partial charge in [-0.05, 0) is 43.2 Å². The van der Waals surface area contributed by atoms with Gasteiger partial charge in [0.05, 0.1) is 0 Å². The highest BCUT2D eigenvalue weighted by Crippen LogP contribution is 2.31. The third-order valence-electron chi connectivity index (χ3n) is 3.99. The first-order chi connectivity index (χ1) is 8.76. The van der Waals surface area contributed by atoms with Gasteiger partial charge in [0.1, 0.15) is 5.82 Å². The van der Waals surface area contributed by atoms with Gasteiger partial charge < -0.3 is 0 Å². The van der Waals surface area contributed by atoms with E-state index in [4.69, 9.17) is 0 Å². The molecule has 0 bridgehead atoms. The quantitative estimate of drug-likeness (QED) is 0.689. The summed E-state index contributed by atoms with van der Waals surface area (Å²) in [6.45, 7) is 4.17. The molecule has 1 heteroatoms. The van der Waals surface area contributed by atoms with Crippen molar-refractivity contribution >= 4 is 6.08 Å². The number of halogens is 1. The van der Waals surface area contributed by atoms with Crippen molar-refractivity contribution in [3.63, 3.8) is 0 Å². The van der Waals surface area contributed by atoms with Crippen molar-refractivity contribution in [1.29, 1.82) is 0 Å². The van der Waals surface area contributed by atoms with Crippen molar-refractivity contribution in [2.75, 3.05) is 0 Å². The lowest BCUT2D eigenvalue weighted by Gasteiger charge is -2.25. The van der Waals surface area contributed by atoms with Gasteiger partial charge in [-0.25, -0.2) is 4.39 Å². The Balaban J connectivity index is 2.17. The van der Waals surface area contributed by atoms with Gasteiger partial charge in [-0.3, -0.25) is 0 Å². The second-order valence-corrected chi connectivity index (χ2v) is 5.36. The Hall–Kier alpha value is -1.11. The van der Waals surface area contributed by atoms with E-state index in [-0.39, 0.29) is 5.82 Å². The van der Waals surface area contributed by atoms with E-state index in [0.29, 0.717) is 0 Å². The molecule has 1 aliphatic carbocycles.